The highest BCUT2D eigenvalue weighted by Gasteiger charge is 2.28. The maximum atomic E-state index is 5.65. The third-order valence-electron chi connectivity index (χ3n) is 2.94. The second-order valence-electron chi connectivity index (χ2n) is 4.23. The number of hydrogen-bond donors (Lipinski definition) is 2. The number of ether oxygens (including phenoxy) is 1. The van der Waals surface area contributed by atoms with E-state index < -0.39 is 0 Å². The lowest BCUT2D eigenvalue weighted by molar-refractivity contribution is -0.0282. The van der Waals surface area contributed by atoms with Crippen LogP contribution in [0.3, 0.4) is 0 Å². The molecule has 5 heteroatoms. The van der Waals surface area contributed by atoms with Gasteiger partial charge in [0.1, 0.15) is 5.84 Å². The van der Waals surface area contributed by atoms with Gasteiger partial charge in [-0.2, -0.15) is 5.10 Å². The van der Waals surface area contributed by atoms with Gasteiger partial charge in [-0.1, -0.05) is 6.92 Å². The molecule has 1 fully saturated rings. The molecule has 0 aromatic rings. The first-order valence-corrected chi connectivity index (χ1v) is 5.73. The SMILES string of the molecule is CCC1COC(C)CN1C1=NN[C](N)C=C1. The van der Waals surface area contributed by atoms with Crippen LogP contribution in [0.15, 0.2) is 17.3 Å². The Balaban J connectivity index is 2.08. The third-order valence-corrected chi connectivity index (χ3v) is 2.94. The van der Waals surface area contributed by atoms with Gasteiger partial charge in [0.15, 0.2) is 6.17 Å². The summed E-state index contributed by atoms with van der Waals surface area (Å²) >= 11 is 0. The Morgan fingerprint density at radius 1 is 1.62 bits per heavy atom. The number of hydrazone groups is 1. The summed E-state index contributed by atoms with van der Waals surface area (Å²) in [5.41, 5.74) is 8.39. The minimum atomic E-state index is 0.252. The summed E-state index contributed by atoms with van der Waals surface area (Å²) in [6.45, 7) is 5.89. The van der Waals surface area contributed by atoms with Crippen LogP contribution >= 0.6 is 0 Å². The summed E-state index contributed by atoms with van der Waals surface area (Å²) in [6, 6.07) is 0.403. The molecule has 3 N–H and O–H groups in total. The van der Waals surface area contributed by atoms with Crippen LogP contribution in [0, 0.1) is 6.17 Å². The number of nitrogens with one attached hydrogen (secondary N) is 1. The fourth-order valence-electron chi connectivity index (χ4n) is 1.98. The molecule has 89 valence electrons. The molecular formula is C11H19N4O. The molecule has 2 rings (SSSR count). The Morgan fingerprint density at radius 3 is 3.06 bits per heavy atom. The van der Waals surface area contributed by atoms with Crippen molar-refractivity contribution < 1.29 is 4.74 Å². The van der Waals surface area contributed by atoms with Crippen molar-refractivity contribution in [3.8, 4) is 0 Å². The molecule has 0 bridgehead atoms. The predicted octanol–water partition coefficient (Wildman–Crippen LogP) is 0.407. The molecule has 2 aliphatic rings. The number of hydrogen-bond acceptors (Lipinski definition) is 5. The molecule has 2 unspecified atom stereocenters. The summed E-state index contributed by atoms with van der Waals surface area (Å²) in [5, 5.41) is 4.25. The molecule has 2 atom stereocenters. The van der Waals surface area contributed by atoms with E-state index in [1.165, 1.54) is 0 Å². The van der Waals surface area contributed by atoms with Crippen LogP contribution in [0.1, 0.15) is 20.3 Å². The summed E-state index contributed by atoms with van der Waals surface area (Å²) in [4.78, 5) is 2.28. The van der Waals surface area contributed by atoms with Crippen LogP contribution in [-0.2, 0) is 4.74 Å². The quantitative estimate of drug-likeness (QED) is 0.675. The maximum absolute atomic E-state index is 5.65. The molecule has 1 radical (unpaired) electrons. The molecular weight excluding hydrogens is 204 g/mol. The normalized spacial score (nSPS) is 31.2. The van der Waals surface area contributed by atoms with E-state index in [0.717, 1.165) is 25.4 Å². The zero-order valence-corrected chi connectivity index (χ0v) is 9.81. The zero-order valence-electron chi connectivity index (χ0n) is 9.81. The lowest BCUT2D eigenvalue weighted by Crippen LogP contribution is -2.52. The molecule has 1 saturated heterocycles. The highest BCUT2D eigenvalue weighted by atomic mass is 16.5. The smallest absolute Gasteiger partial charge is 0.163 e. The summed E-state index contributed by atoms with van der Waals surface area (Å²) < 4.78 is 5.65. The Morgan fingerprint density at radius 2 is 2.44 bits per heavy atom. The molecule has 0 aliphatic carbocycles. The fraction of sp³-hybridized carbons (Fsp3) is 0.636. The van der Waals surface area contributed by atoms with Gasteiger partial charge in [-0.25, -0.2) is 0 Å². The van der Waals surface area contributed by atoms with Crippen LogP contribution in [0.5, 0.6) is 0 Å². The highest BCUT2D eigenvalue weighted by Crippen LogP contribution is 2.16. The number of nitrogens with two attached hydrogens (primary N) is 1. The second kappa shape index (κ2) is 4.84. The number of rotatable bonds is 1. The lowest BCUT2D eigenvalue weighted by Gasteiger charge is -2.40. The van der Waals surface area contributed by atoms with Gasteiger partial charge in [-0.05, 0) is 25.5 Å². The molecule has 2 heterocycles. The van der Waals surface area contributed by atoms with Crippen LogP contribution in [0.25, 0.3) is 0 Å². The maximum Gasteiger partial charge on any atom is 0.163 e. The van der Waals surface area contributed by atoms with E-state index in [4.69, 9.17) is 10.5 Å². The number of morpholine rings is 1. The van der Waals surface area contributed by atoms with Crippen LogP contribution in [-0.4, -0.2) is 36.0 Å². The minimum absolute atomic E-state index is 0.252. The van der Waals surface area contributed by atoms with Crippen molar-refractivity contribution in [2.75, 3.05) is 13.2 Å². The first-order chi connectivity index (χ1) is 7.70. The first-order valence-electron chi connectivity index (χ1n) is 5.73. The van der Waals surface area contributed by atoms with Crippen LogP contribution in [0.2, 0.25) is 0 Å². The van der Waals surface area contributed by atoms with E-state index in [2.05, 4.69) is 29.3 Å². The average Bonchev–Trinajstić information content (AvgIpc) is 2.30. The lowest BCUT2D eigenvalue weighted by atomic mass is 10.1. The van der Waals surface area contributed by atoms with Crippen molar-refractivity contribution in [3.05, 3.63) is 18.3 Å². The van der Waals surface area contributed by atoms with Gasteiger partial charge in [0.2, 0.25) is 0 Å². The van der Waals surface area contributed by atoms with Crippen LogP contribution in [0.4, 0.5) is 0 Å². The standard InChI is InChI=1S/C11H19N4O/c1-3-9-7-16-8(2)6-15(9)11-5-4-10(12)13-14-11/h4-5,8-9,13H,3,6-7,12H2,1-2H3. The van der Waals surface area contributed by atoms with Crippen molar-refractivity contribution >= 4 is 5.84 Å². The average molecular weight is 223 g/mol. The summed E-state index contributed by atoms with van der Waals surface area (Å²) in [7, 11) is 0. The monoisotopic (exact) mass is 223 g/mol. The molecule has 0 amide bonds. The molecule has 0 aromatic heterocycles. The predicted molar refractivity (Wildman–Crippen MR) is 63.3 cm³/mol. The number of nitrogens with zero attached hydrogens (tertiary/aromatic N) is 2. The van der Waals surface area contributed by atoms with Crippen molar-refractivity contribution in [1.82, 2.24) is 10.3 Å². The molecule has 16 heavy (non-hydrogen) atoms. The largest absolute Gasteiger partial charge is 0.375 e. The van der Waals surface area contributed by atoms with Crippen molar-refractivity contribution in [1.29, 1.82) is 0 Å². The number of amidine groups is 1. The van der Waals surface area contributed by atoms with E-state index in [1.807, 2.05) is 12.2 Å². The highest BCUT2D eigenvalue weighted by molar-refractivity contribution is 5.94. The molecule has 0 spiro atoms. The molecule has 2 aliphatic heterocycles. The van der Waals surface area contributed by atoms with Gasteiger partial charge < -0.3 is 15.4 Å². The molecule has 0 saturated carbocycles. The van der Waals surface area contributed by atoms with Crippen molar-refractivity contribution in [2.45, 2.75) is 32.4 Å². The third kappa shape index (κ3) is 2.36. The van der Waals surface area contributed by atoms with Crippen molar-refractivity contribution in [3.63, 3.8) is 0 Å². The summed E-state index contributed by atoms with van der Waals surface area (Å²) in [6.07, 6.45) is 5.68. The molecule has 5 nitrogen and oxygen atoms in total. The van der Waals surface area contributed by atoms with E-state index in [1.54, 1.807) is 0 Å². The van der Waals surface area contributed by atoms with Gasteiger partial charge in [-0.3, -0.25) is 5.43 Å². The van der Waals surface area contributed by atoms with E-state index in [-0.39, 0.29) is 6.10 Å². The second-order valence-corrected chi connectivity index (χ2v) is 4.23. The van der Waals surface area contributed by atoms with Gasteiger partial charge in [0, 0.05) is 6.54 Å². The Kier molecular flexibility index (Phi) is 3.46. The topological polar surface area (TPSA) is 62.9 Å². The zero-order chi connectivity index (χ0) is 11.5. The van der Waals surface area contributed by atoms with Crippen LogP contribution < -0.4 is 11.2 Å². The Labute approximate surface area is 96.3 Å². The van der Waals surface area contributed by atoms with E-state index in [9.17, 15) is 0 Å². The van der Waals surface area contributed by atoms with Gasteiger partial charge >= 0.3 is 0 Å². The van der Waals surface area contributed by atoms with E-state index in [0.29, 0.717) is 12.2 Å². The van der Waals surface area contributed by atoms with Crippen molar-refractivity contribution in [2.24, 2.45) is 10.8 Å². The Hall–Kier alpha value is -1.07. The first kappa shape index (κ1) is 11.4. The van der Waals surface area contributed by atoms with Gasteiger partial charge in [-0.15, -0.1) is 0 Å². The van der Waals surface area contributed by atoms with E-state index >= 15 is 0 Å². The summed E-state index contributed by atoms with van der Waals surface area (Å²) in [5.74, 6) is 0.941. The minimum Gasteiger partial charge on any atom is -0.375 e. The Bertz CT molecular complexity index is 302. The van der Waals surface area contributed by atoms with Gasteiger partial charge in [0.05, 0.1) is 18.8 Å². The van der Waals surface area contributed by atoms with Gasteiger partial charge in [0.25, 0.3) is 0 Å². The fourth-order valence-corrected chi connectivity index (χ4v) is 1.98. The molecule has 0 aromatic carbocycles.